The quantitative estimate of drug-likeness (QED) is 0.794. The van der Waals surface area contributed by atoms with Gasteiger partial charge in [-0.3, -0.25) is 4.90 Å². The van der Waals surface area contributed by atoms with Crippen LogP contribution in [0.25, 0.3) is 0 Å². The summed E-state index contributed by atoms with van der Waals surface area (Å²) >= 11 is 1.80. The Morgan fingerprint density at radius 1 is 1.50 bits per heavy atom. The molecule has 1 unspecified atom stereocenters. The summed E-state index contributed by atoms with van der Waals surface area (Å²) in [4.78, 5) is 3.77. The van der Waals surface area contributed by atoms with E-state index in [0.29, 0.717) is 12.6 Å². The van der Waals surface area contributed by atoms with E-state index in [-0.39, 0.29) is 6.04 Å². The molecule has 0 saturated carbocycles. The van der Waals surface area contributed by atoms with Crippen LogP contribution in [0.1, 0.15) is 18.7 Å². The fraction of sp³-hybridized carbons (Fsp3) is 0.667. The number of nitrogens with zero attached hydrogens (tertiary/aromatic N) is 1. The molecule has 0 aliphatic rings. The molecule has 3 nitrogen and oxygen atoms in total. The minimum absolute atomic E-state index is 0.0902. The highest BCUT2D eigenvalue weighted by Crippen LogP contribution is 2.13. The van der Waals surface area contributed by atoms with Crippen molar-refractivity contribution in [3.8, 4) is 0 Å². The standard InChI is InChI=1S/C12H22N2OS/c1-10(2)14(7-11(13)9-15-3)8-12-5-4-6-16-12/h4-6,10-11H,7-9,13H2,1-3H3. The van der Waals surface area contributed by atoms with Crippen molar-refractivity contribution in [1.29, 1.82) is 0 Å². The molecule has 1 aromatic rings. The first-order valence-corrected chi connectivity index (χ1v) is 6.52. The van der Waals surface area contributed by atoms with Crippen molar-refractivity contribution in [2.45, 2.75) is 32.5 Å². The molecule has 1 heterocycles. The number of ether oxygens (including phenoxy) is 1. The van der Waals surface area contributed by atoms with E-state index < -0.39 is 0 Å². The Bertz CT molecular complexity index is 275. The molecule has 0 radical (unpaired) electrons. The summed E-state index contributed by atoms with van der Waals surface area (Å²) < 4.78 is 5.07. The molecule has 0 aromatic carbocycles. The zero-order chi connectivity index (χ0) is 12.0. The second-order valence-corrected chi connectivity index (χ2v) is 5.35. The molecule has 0 saturated heterocycles. The summed E-state index contributed by atoms with van der Waals surface area (Å²) in [5.41, 5.74) is 5.99. The van der Waals surface area contributed by atoms with Crippen molar-refractivity contribution in [3.63, 3.8) is 0 Å². The summed E-state index contributed by atoms with van der Waals surface area (Å²) in [6, 6.07) is 4.85. The Hall–Kier alpha value is -0.420. The summed E-state index contributed by atoms with van der Waals surface area (Å²) in [5.74, 6) is 0. The second-order valence-electron chi connectivity index (χ2n) is 4.32. The normalized spacial score (nSPS) is 13.6. The summed E-state index contributed by atoms with van der Waals surface area (Å²) in [5, 5.41) is 2.11. The molecule has 0 bridgehead atoms. The fourth-order valence-electron chi connectivity index (χ4n) is 1.63. The van der Waals surface area contributed by atoms with E-state index >= 15 is 0 Å². The molecule has 0 aliphatic heterocycles. The summed E-state index contributed by atoms with van der Waals surface area (Å²) in [7, 11) is 1.69. The van der Waals surface area contributed by atoms with Crippen molar-refractivity contribution in [2.24, 2.45) is 5.73 Å². The predicted octanol–water partition coefficient (Wildman–Crippen LogP) is 1.93. The molecule has 1 aromatic heterocycles. The highest BCUT2D eigenvalue weighted by molar-refractivity contribution is 7.09. The van der Waals surface area contributed by atoms with E-state index in [2.05, 4.69) is 36.3 Å². The predicted molar refractivity (Wildman–Crippen MR) is 69.7 cm³/mol. The smallest absolute Gasteiger partial charge is 0.0626 e. The highest BCUT2D eigenvalue weighted by Gasteiger charge is 2.14. The lowest BCUT2D eigenvalue weighted by Gasteiger charge is -2.28. The van der Waals surface area contributed by atoms with Gasteiger partial charge in [0.05, 0.1) is 6.61 Å². The Balaban J connectivity index is 2.48. The van der Waals surface area contributed by atoms with Crippen LogP contribution in [0.2, 0.25) is 0 Å². The van der Waals surface area contributed by atoms with Crippen LogP contribution in [0.5, 0.6) is 0 Å². The van der Waals surface area contributed by atoms with Crippen LogP contribution in [0, 0.1) is 0 Å². The topological polar surface area (TPSA) is 38.5 Å². The van der Waals surface area contributed by atoms with E-state index in [1.165, 1.54) is 4.88 Å². The summed E-state index contributed by atoms with van der Waals surface area (Å²) in [6.07, 6.45) is 0. The van der Waals surface area contributed by atoms with Crippen LogP contribution in [0.4, 0.5) is 0 Å². The Morgan fingerprint density at radius 2 is 2.25 bits per heavy atom. The van der Waals surface area contributed by atoms with Crippen LogP contribution in [0.15, 0.2) is 17.5 Å². The zero-order valence-electron chi connectivity index (χ0n) is 10.3. The second kappa shape index (κ2) is 7.01. The minimum Gasteiger partial charge on any atom is -0.383 e. The van der Waals surface area contributed by atoms with Gasteiger partial charge in [-0.25, -0.2) is 0 Å². The third-order valence-corrected chi connectivity index (χ3v) is 3.38. The van der Waals surface area contributed by atoms with E-state index in [1.807, 2.05) is 0 Å². The average Bonchev–Trinajstić information content (AvgIpc) is 2.69. The number of nitrogens with two attached hydrogens (primary N) is 1. The molecule has 0 fully saturated rings. The molecule has 92 valence electrons. The lowest BCUT2D eigenvalue weighted by Crippen LogP contribution is -2.42. The molecular formula is C12H22N2OS. The molecule has 4 heteroatoms. The zero-order valence-corrected chi connectivity index (χ0v) is 11.2. The van der Waals surface area contributed by atoms with E-state index in [4.69, 9.17) is 10.5 Å². The Kier molecular flexibility index (Phi) is 5.98. The van der Waals surface area contributed by atoms with Gasteiger partial charge in [0, 0.05) is 37.2 Å². The van der Waals surface area contributed by atoms with Gasteiger partial charge < -0.3 is 10.5 Å². The molecule has 2 N–H and O–H groups in total. The highest BCUT2D eigenvalue weighted by atomic mass is 32.1. The fourth-order valence-corrected chi connectivity index (χ4v) is 2.36. The van der Waals surface area contributed by atoms with E-state index in [0.717, 1.165) is 13.1 Å². The van der Waals surface area contributed by atoms with Crippen LogP contribution in [0.3, 0.4) is 0 Å². The largest absolute Gasteiger partial charge is 0.383 e. The van der Waals surface area contributed by atoms with Crippen LogP contribution < -0.4 is 5.73 Å². The first kappa shape index (κ1) is 13.6. The maximum atomic E-state index is 5.99. The third-order valence-electron chi connectivity index (χ3n) is 2.52. The third kappa shape index (κ3) is 4.61. The van der Waals surface area contributed by atoms with Crippen molar-refractivity contribution in [2.75, 3.05) is 20.3 Å². The van der Waals surface area contributed by atoms with Gasteiger partial charge >= 0.3 is 0 Å². The lowest BCUT2D eigenvalue weighted by molar-refractivity contribution is 0.137. The van der Waals surface area contributed by atoms with Gasteiger partial charge in [-0.15, -0.1) is 11.3 Å². The number of hydrogen-bond acceptors (Lipinski definition) is 4. The van der Waals surface area contributed by atoms with Crippen molar-refractivity contribution < 1.29 is 4.74 Å². The van der Waals surface area contributed by atoms with Crippen LogP contribution >= 0.6 is 11.3 Å². The maximum absolute atomic E-state index is 5.99. The molecule has 1 rings (SSSR count). The Morgan fingerprint density at radius 3 is 2.75 bits per heavy atom. The van der Waals surface area contributed by atoms with Gasteiger partial charge in [0.2, 0.25) is 0 Å². The van der Waals surface area contributed by atoms with Gasteiger partial charge in [-0.2, -0.15) is 0 Å². The first-order chi connectivity index (χ1) is 7.63. The van der Waals surface area contributed by atoms with E-state index in [9.17, 15) is 0 Å². The molecule has 16 heavy (non-hydrogen) atoms. The monoisotopic (exact) mass is 242 g/mol. The maximum Gasteiger partial charge on any atom is 0.0626 e. The SMILES string of the molecule is COCC(N)CN(Cc1cccs1)C(C)C. The number of hydrogen-bond donors (Lipinski definition) is 1. The van der Waals surface area contributed by atoms with E-state index in [1.54, 1.807) is 18.4 Å². The molecule has 0 aliphatic carbocycles. The van der Waals surface area contributed by atoms with Gasteiger partial charge in [0.15, 0.2) is 0 Å². The lowest BCUT2D eigenvalue weighted by atomic mass is 10.2. The van der Waals surface area contributed by atoms with Crippen LogP contribution in [-0.4, -0.2) is 37.2 Å². The first-order valence-electron chi connectivity index (χ1n) is 5.64. The van der Waals surface area contributed by atoms with Gasteiger partial charge in [-0.05, 0) is 25.3 Å². The molecule has 1 atom stereocenters. The number of thiophene rings is 1. The van der Waals surface area contributed by atoms with Gasteiger partial charge in [0.25, 0.3) is 0 Å². The number of methoxy groups -OCH3 is 1. The van der Waals surface area contributed by atoms with Crippen molar-refractivity contribution in [3.05, 3.63) is 22.4 Å². The molecule has 0 spiro atoms. The van der Waals surface area contributed by atoms with Gasteiger partial charge in [0.1, 0.15) is 0 Å². The Labute approximate surface area is 102 Å². The minimum atomic E-state index is 0.0902. The molecular weight excluding hydrogens is 220 g/mol. The average molecular weight is 242 g/mol. The number of rotatable bonds is 7. The van der Waals surface area contributed by atoms with Gasteiger partial charge in [-0.1, -0.05) is 6.07 Å². The van der Waals surface area contributed by atoms with Crippen molar-refractivity contribution >= 4 is 11.3 Å². The van der Waals surface area contributed by atoms with Crippen molar-refractivity contribution in [1.82, 2.24) is 4.90 Å². The van der Waals surface area contributed by atoms with Crippen LogP contribution in [-0.2, 0) is 11.3 Å². The summed E-state index contributed by atoms with van der Waals surface area (Å²) in [6.45, 7) is 6.88. The molecule has 0 amide bonds.